The molecule has 3 unspecified atom stereocenters. The second kappa shape index (κ2) is 17.1. The minimum absolute atomic E-state index is 0.0269. The summed E-state index contributed by atoms with van der Waals surface area (Å²) in [6.45, 7) is 33.4. The first-order valence-corrected chi connectivity index (χ1v) is 27.9. The van der Waals surface area contributed by atoms with E-state index in [4.69, 9.17) is 0 Å². The molecule has 378 valence electrons. The van der Waals surface area contributed by atoms with E-state index in [-0.39, 0.29) is 28.4 Å². The predicted molar refractivity (Wildman–Crippen MR) is 323 cm³/mol. The molecule has 0 N–H and O–H groups in total. The summed E-state index contributed by atoms with van der Waals surface area (Å²) in [6.07, 6.45) is 2.13. The summed E-state index contributed by atoms with van der Waals surface area (Å²) in [6, 6.07) is 66.8. The Labute approximate surface area is 449 Å². The highest BCUT2D eigenvalue weighted by molar-refractivity contribution is 7.00. The van der Waals surface area contributed by atoms with Gasteiger partial charge in [0.2, 0.25) is 0 Å². The van der Waals surface area contributed by atoms with Crippen molar-refractivity contribution < 1.29 is 0 Å². The van der Waals surface area contributed by atoms with E-state index in [1.165, 1.54) is 112 Å². The third-order valence-electron chi connectivity index (χ3n) is 18.6. The van der Waals surface area contributed by atoms with Crippen molar-refractivity contribution in [2.45, 2.75) is 143 Å². The van der Waals surface area contributed by atoms with Gasteiger partial charge in [0.15, 0.2) is 0 Å². The van der Waals surface area contributed by atoms with Crippen LogP contribution < -0.4 is 31.1 Å². The van der Waals surface area contributed by atoms with Crippen LogP contribution in [-0.2, 0) is 33.6 Å². The van der Waals surface area contributed by atoms with Gasteiger partial charge in [0, 0.05) is 50.8 Å². The summed E-state index contributed by atoms with van der Waals surface area (Å²) in [4.78, 5) is 8.15. The maximum atomic E-state index is 2.78. The Kier molecular flexibility index (Phi) is 11.2. The first-order chi connectivity index (χ1) is 35.6. The van der Waals surface area contributed by atoms with Crippen LogP contribution in [0, 0.1) is 5.92 Å². The summed E-state index contributed by atoms with van der Waals surface area (Å²) in [5.74, 6) is 0.838. The molecule has 0 amide bonds. The zero-order valence-electron chi connectivity index (χ0n) is 47.2. The number of rotatable bonds is 6. The van der Waals surface area contributed by atoms with Gasteiger partial charge in [0.05, 0.1) is 11.2 Å². The minimum Gasteiger partial charge on any atom is -0.330 e. The van der Waals surface area contributed by atoms with Gasteiger partial charge in [-0.25, -0.2) is 0 Å². The van der Waals surface area contributed by atoms with E-state index in [0.717, 1.165) is 12.8 Å². The van der Waals surface area contributed by atoms with E-state index in [1.807, 2.05) is 0 Å². The van der Waals surface area contributed by atoms with E-state index < -0.39 is 5.54 Å². The lowest BCUT2D eigenvalue weighted by Crippen LogP contribution is -2.61. The van der Waals surface area contributed by atoms with Crippen LogP contribution in [0.4, 0.5) is 45.5 Å². The normalized spacial score (nSPS) is 19.0. The molecule has 0 saturated carbocycles. The van der Waals surface area contributed by atoms with E-state index in [0.29, 0.717) is 11.8 Å². The molecule has 0 fully saturated rings. The van der Waals surface area contributed by atoms with Gasteiger partial charge < -0.3 is 14.7 Å². The lowest BCUT2D eigenvalue weighted by atomic mass is 9.33. The molecular weight excluding hydrogens is 906 g/mol. The number of aryl methyl sites for hydroxylation is 1. The van der Waals surface area contributed by atoms with Crippen molar-refractivity contribution in [2.75, 3.05) is 14.7 Å². The molecule has 0 spiro atoms. The van der Waals surface area contributed by atoms with Crippen molar-refractivity contribution in [2.24, 2.45) is 5.92 Å². The van der Waals surface area contributed by atoms with Gasteiger partial charge in [-0.05, 0) is 163 Å². The van der Waals surface area contributed by atoms with Crippen LogP contribution in [-0.4, -0.2) is 6.71 Å². The van der Waals surface area contributed by atoms with Crippen molar-refractivity contribution in [1.29, 1.82) is 0 Å². The molecule has 0 bridgehead atoms. The molecule has 75 heavy (non-hydrogen) atoms. The van der Waals surface area contributed by atoms with Gasteiger partial charge in [-0.15, -0.1) is 0 Å². The highest BCUT2D eigenvalue weighted by Crippen LogP contribution is 2.64. The third-order valence-corrected chi connectivity index (χ3v) is 18.6. The molecule has 3 heterocycles. The fraction of sp³-hybridized carbons (Fsp3) is 0.324. The molecule has 1 aliphatic carbocycles. The Morgan fingerprint density at radius 1 is 0.467 bits per heavy atom. The van der Waals surface area contributed by atoms with Gasteiger partial charge in [-0.1, -0.05) is 205 Å². The minimum atomic E-state index is -0.393. The number of benzene rings is 8. The average molecular weight is 982 g/mol. The Hall–Kier alpha value is -6.78. The van der Waals surface area contributed by atoms with Crippen molar-refractivity contribution in [1.82, 2.24) is 0 Å². The molecule has 3 aliphatic heterocycles. The zero-order chi connectivity index (χ0) is 52.7. The fourth-order valence-corrected chi connectivity index (χ4v) is 13.6. The summed E-state index contributed by atoms with van der Waals surface area (Å²) < 4.78 is 0. The average Bonchev–Trinajstić information content (AvgIpc) is 3.64. The van der Waals surface area contributed by atoms with Crippen molar-refractivity contribution in [3.05, 3.63) is 209 Å². The Balaban J connectivity index is 1.26. The number of hydrogen-bond donors (Lipinski definition) is 0. The van der Waals surface area contributed by atoms with Crippen LogP contribution >= 0.6 is 0 Å². The maximum Gasteiger partial charge on any atom is 0.252 e. The number of nitrogens with zero attached hydrogens (tertiary/aromatic N) is 3. The number of fused-ring (bicyclic) bond motifs is 9. The number of hydrogen-bond acceptors (Lipinski definition) is 3. The first-order valence-electron chi connectivity index (χ1n) is 27.9. The molecule has 0 saturated heterocycles. The SMILES string of the molecule is CC(C)C(C)c1ccc2c(c1)N(c1ccc(C(C)(C)C)cc1-c1ccccc1)c1cc(N3c4ccccc4C4(C)CCc5ccccc5C34C)cc3c1B2c1ccc(C(C)(C)C)cc1N3c1cccc(C(C)(C)C)c1. The van der Waals surface area contributed by atoms with E-state index in [2.05, 4.69) is 281 Å². The van der Waals surface area contributed by atoms with Crippen LogP contribution in [0.15, 0.2) is 170 Å². The van der Waals surface area contributed by atoms with E-state index in [9.17, 15) is 0 Å². The standard InChI is InChI=1S/C71H76BN3/c1-45(2)46(3)49-31-34-58-62(39-49)74(60-36-33-51(68(7,8)9)41-55(60)47-23-16-15-17-24-47)65-44-54(75-61-30-21-20-29-57(61)70(13)38-37-48-25-18-19-28-56(48)71(70,75)14)43-64-66(65)72(58)59-35-32-52(69(10,11)12)42-63(59)73(64)53-27-22-26-50(40-53)67(4,5)6/h15-36,39-46H,37-38H2,1-14H3. The Bertz CT molecular complexity index is 3570. The van der Waals surface area contributed by atoms with Gasteiger partial charge in [0.1, 0.15) is 0 Å². The quantitative estimate of drug-likeness (QED) is 0.154. The van der Waals surface area contributed by atoms with Crippen LogP contribution in [0.25, 0.3) is 11.1 Å². The van der Waals surface area contributed by atoms with E-state index in [1.54, 1.807) is 0 Å². The second-order valence-electron chi connectivity index (χ2n) is 26.4. The van der Waals surface area contributed by atoms with Crippen molar-refractivity contribution >= 4 is 68.6 Å². The van der Waals surface area contributed by atoms with Crippen LogP contribution in [0.1, 0.15) is 148 Å². The predicted octanol–water partition coefficient (Wildman–Crippen LogP) is 17.4. The maximum absolute atomic E-state index is 2.78. The van der Waals surface area contributed by atoms with Crippen molar-refractivity contribution in [3.63, 3.8) is 0 Å². The van der Waals surface area contributed by atoms with Crippen molar-refractivity contribution in [3.8, 4) is 11.1 Å². The van der Waals surface area contributed by atoms with E-state index >= 15 is 0 Å². The molecule has 12 rings (SSSR count). The third kappa shape index (κ3) is 7.50. The lowest BCUT2D eigenvalue weighted by molar-refractivity contribution is 0.245. The second-order valence-corrected chi connectivity index (χ2v) is 26.4. The summed E-state index contributed by atoms with van der Waals surface area (Å²) >= 11 is 0. The molecule has 4 aliphatic rings. The molecular formula is C71H76BN3. The zero-order valence-corrected chi connectivity index (χ0v) is 47.2. The molecule has 8 aromatic rings. The van der Waals surface area contributed by atoms with Crippen LogP contribution in [0.3, 0.4) is 0 Å². The summed E-state index contributed by atoms with van der Waals surface area (Å²) in [5, 5.41) is 0. The fourth-order valence-electron chi connectivity index (χ4n) is 13.6. The molecule has 8 aromatic carbocycles. The topological polar surface area (TPSA) is 9.72 Å². The highest BCUT2D eigenvalue weighted by atomic mass is 15.3. The van der Waals surface area contributed by atoms with Gasteiger partial charge in [0.25, 0.3) is 6.71 Å². The summed E-state index contributed by atoms with van der Waals surface area (Å²) in [7, 11) is 0. The number of para-hydroxylation sites is 1. The Morgan fingerprint density at radius 3 is 1.75 bits per heavy atom. The summed E-state index contributed by atoms with van der Waals surface area (Å²) in [5.41, 5.74) is 25.3. The van der Waals surface area contributed by atoms with Crippen LogP contribution in [0.2, 0.25) is 0 Å². The van der Waals surface area contributed by atoms with Gasteiger partial charge in [-0.2, -0.15) is 0 Å². The smallest absolute Gasteiger partial charge is 0.252 e. The largest absolute Gasteiger partial charge is 0.330 e. The monoisotopic (exact) mass is 982 g/mol. The van der Waals surface area contributed by atoms with Gasteiger partial charge >= 0.3 is 0 Å². The molecule has 0 radical (unpaired) electrons. The highest BCUT2D eigenvalue weighted by Gasteiger charge is 2.60. The van der Waals surface area contributed by atoms with Crippen LogP contribution in [0.5, 0.6) is 0 Å². The molecule has 4 heteroatoms. The molecule has 0 aromatic heterocycles. The first kappa shape index (κ1) is 49.1. The Morgan fingerprint density at radius 2 is 1.05 bits per heavy atom. The lowest BCUT2D eigenvalue weighted by Gasteiger charge is -2.52. The number of anilines is 8. The van der Waals surface area contributed by atoms with Gasteiger partial charge in [-0.3, -0.25) is 0 Å². The molecule has 3 nitrogen and oxygen atoms in total. The molecule has 3 atom stereocenters.